The van der Waals surface area contributed by atoms with Crippen LogP contribution in [0, 0.1) is 5.92 Å². The first kappa shape index (κ1) is 17.0. The fraction of sp³-hybridized carbons (Fsp3) is 0.588. The minimum Gasteiger partial charge on any atom is -0.481 e. The second-order valence-corrected chi connectivity index (χ2v) is 7.54. The molecule has 1 aromatic heterocycles. The molecular weight excluding hydrogens is 328 g/mol. The Bertz CT molecular complexity index is 610. The van der Waals surface area contributed by atoms with E-state index in [4.69, 9.17) is 5.11 Å². The zero-order chi connectivity index (χ0) is 17.1. The Kier molecular flexibility index (Phi) is 5.18. The van der Waals surface area contributed by atoms with Crippen molar-refractivity contribution in [3.05, 3.63) is 22.4 Å². The predicted molar refractivity (Wildman–Crippen MR) is 89.5 cm³/mol. The number of carbonyl (C=O) groups is 3. The Labute approximate surface area is 144 Å². The molecule has 0 unspecified atom stereocenters. The van der Waals surface area contributed by atoms with Crippen molar-refractivity contribution in [3.63, 3.8) is 0 Å². The van der Waals surface area contributed by atoms with Gasteiger partial charge in [0.1, 0.15) is 0 Å². The number of carbonyl (C=O) groups excluding carboxylic acids is 2. The van der Waals surface area contributed by atoms with Crippen LogP contribution in [-0.2, 0) is 14.4 Å². The molecule has 24 heavy (non-hydrogen) atoms. The van der Waals surface area contributed by atoms with Gasteiger partial charge in [0.2, 0.25) is 11.8 Å². The Balaban J connectivity index is 1.63. The first-order valence-corrected chi connectivity index (χ1v) is 9.27. The molecule has 2 fully saturated rings. The van der Waals surface area contributed by atoms with Gasteiger partial charge in [-0.05, 0) is 24.3 Å². The van der Waals surface area contributed by atoms with Gasteiger partial charge in [-0.25, -0.2) is 0 Å². The Hall–Kier alpha value is -1.89. The molecule has 2 amide bonds. The lowest BCUT2D eigenvalue weighted by Crippen LogP contribution is -2.38. The smallest absolute Gasteiger partial charge is 0.305 e. The van der Waals surface area contributed by atoms with Crippen molar-refractivity contribution in [1.29, 1.82) is 0 Å². The fourth-order valence-corrected chi connectivity index (χ4v) is 4.43. The van der Waals surface area contributed by atoms with Crippen LogP contribution in [0.25, 0.3) is 0 Å². The van der Waals surface area contributed by atoms with Gasteiger partial charge in [0.25, 0.3) is 0 Å². The van der Waals surface area contributed by atoms with Crippen molar-refractivity contribution in [1.82, 2.24) is 10.2 Å². The van der Waals surface area contributed by atoms with Crippen molar-refractivity contribution in [2.75, 3.05) is 6.54 Å². The van der Waals surface area contributed by atoms with E-state index in [9.17, 15) is 14.4 Å². The molecular formula is C17H22N2O4S. The fourth-order valence-electron chi connectivity index (χ4n) is 3.65. The van der Waals surface area contributed by atoms with Gasteiger partial charge in [-0.3, -0.25) is 14.4 Å². The lowest BCUT2D eigenvalue weighted by molar-refractivity contribution is -0.138. The second-order valence-electron chi connectivity index (χ2n) is 6.56. The van der Waals surface area contributed by atoms with Crippen molar-refractivity contribution in [3.8, 4) is 0 Å². The maximum Gasteiger partial charge on any atom is 0.305 e. The molecule has 6 nitrogen and oxygen atoms in total. The maximum atomic E-state index is 12.6. The standard InChI is InChI=1S/C17H22N2O4S/c20-15-8-11(10-19(15)12-4-1-2-5-12)17(23)18-13(9-16(21)22)14-6-3-7-24-14/h3,6-7,11-13H,1-2,4-5,8-10H2,(H,18,23)(H,21,22)/t11-,13-/m0/s1. The summed E-state index contributed by atoms with van der Waals surface area (Å²) in [5.74, 6) is -1.51. The van der Waals surface area contributed by atoms with Crippen molar-refractivity contribution < 1.29 is 19.5 Å². The number of thiophene rings is 1. The van der Waals surface area contributed by atoms with Crippen LogP contribution in [0.5, 0.6) is 0 Å². The van der Waals surface area contributed by atoms with E-state index < -0.39 is 12.0 Å². The summed E-state index contributed by atoms with van der Waals surface area (Å²) < 4.78 is 0. The minimum atomic E-state index is -0.955. The van der Waals surface area contributed by atoms with Gasteiger partial charge in [0.15, 0.2) is 0 Å². The molecule has 2 aliphatic rings. The van der Waals surface area contributed by atoms with Crippen molar-refractivity contribution in [2.45, 2.75) is 50.6 Å². The Morgan fingerprint density at radius 3 is 2.75 bits per heavy atom. The number of amides is 2. The molecule has 7 heteroatoms. The number of likely N-dealkylation sites (tertiary alicyclic amines) is 1. The SMILES string of the molecule is O=C(O)C[C@H](NC(=O)[C@H]1CC(=O)N(C2CCCC2)C1)c1cccs1. The summed E-state index contributed by atoms with van der Waals surface area (Å²) in [7, 11) is 0. The molecule has 1 saturated carbocycles. The highest BCUT2D eigenvalue weighted by Crippen LogP contribution is 2.30. The number of hydrogen-bond donors (Lipinski definition) is 2. The molecule has 0 spiro atoms. The summed E-state index contributed by atoms with van der Waals surface area (Å²) in [5, 5.41) is 13.8. The zero-order valence-corrected chi connectivity index (χ0v) is 14.3. The normalized spacial score (nSPS) is 22.8. The van der Waals surface area contributed by atoms with E-state index in [2.05, 4.69) is 5.32 Å². The van der Waals surface area contributed by atoms with Crippen LogP contribution in [-0.4, -0.2) is 40.4 Å². The molecule has 1 aromatic rings. The molecule has 2 atom stereocenters. The summed E-state index contributed by atoms with van der Waals surface area (Å²) in [6.45, 7) is 0.458. The lowest BCUT2D eigenvalue weighted by atomic mass is 10.1. The van der Waals surface area contributed by atoms with Crippen LogP contribution >= 0.6 is 11.3 Å². The van der Waals surface area contributed by atoms with Gasteiger partial charge < -0.3 is 15.3 Å². The Morgan fingerprint density at radius 1 is 1.38 bits per heavy atom. The van der Waals surface area contributed by atoms with Crippen LogP contribution in [0.2, 0.25) is 0 Å². The first-order chi connectivity index (χ1) is 11.5. The topological polar surface area (TPSA) is 86.7 Å². The number of rotatable bonds is 6. The molecule has 2 N–H and O–H groups in total. The van der Waals surface area contributed by atoms with E-state index in [-0.39, 0.29) is 36.6 Å². The quantitative estimate of drug-likeness (QED) is 0.823. The summed E-state index contributed by atoms with van der Waals surface area (Å²) in [6, 6.07) is 3.40. The third-order valence-electron chi connectivity index (χ3n) is 4.88. The third kappa shape index (κ3) is 3.77. The van der Waals surface area contributed by atoms with E-state index in [1.807, 2.05) is 22.4 Å². The predicted octanol–water partition coefficient (Wildman–Crippen LogP) is 2.17. The molecule has 0 radical (unpaired) electrons. The molecule has 1 aliphatic carbocycles. The highest BCUT2D eigenvalue weighted by molar-refractivity contribution is 7.10. The van der Waals surface area contributed by atoms with E-state index in [1.54, 1.807) is 0 Å². The van der Waals surface area contributed by atoms with E-state index in [0.717, 1.165) is 30.6 Å². The molecule has 0 bridgehead atoms. The summed E-state index contributed by atoms with van der Waals surface area (Å²) in [5.41, 5.74) is 0. The molecule has 130 valence electrons. The van der Waals surface area contributed by atoms with Crippen LogP contribution < -0.4 is 5.32 Å². The molecule has 0 aromatic carbocycles. The van der Waals surface area contributed by atoms with Gasteiger partial charge in [0, 0.05) is 23.9 Å². The summed E-state index contributed by atoms with van der Waals surface area (Å²) >= 11 is 1.42. The molecule has 2 heterocycles. The van der Waals surface area contributed by atoms with Crippen LogP contribution in [0.15, 0.2) is 17.5 Å². The monoisotopic (exact) mass is 350 g/mol. The first-order valence-electron chi connectivity index (χ1n) is 8.39. The van der Waals surface area contributed by atoms with Gasteiger partial charge in [0.05, 0.1) is 18.4 Å². The van der Waals surface area contributed by atoms with Gasteiger partial charge in [-0.1, -0.05) is 18.9 Å². The van der Waals surface area contributed by atoms with Gasteiger partial charge in [-0.15, -0.1) is 11.3 Å². The van der Waals surface area contributed by atoms with E-state index in [1.165, 1.54) is 11.3 Å². The molecule has 3 rings (SSSR count). The second kappa shape index (κ2) is 7.34. The summed E-state index contributed by atoms with van der Waals surface area (Å²) in [4.78, 5) is 38.5. The number of nitrogens with one attached hydrogen (secondary N) is 1. The summed E-state index contributed by atoms with van der Waals surface area (Å²) in [6.07, 6.45) is 4.41. The van der Waals surface area contributed by atoms with Crippen LogP contribution in [0.3, 0.4) is 0 Å². The van der Waals surface area contributed by atoms with Crippen molar-refractivity contribution in [2.24, 2.45) is 5.92 Å². The van der Waals surface area contributed by atoms with Crippen LogP contribution in [0.4, 0.5) is 0 Å². The van der Waals surface area contributed by atoms with E-state index >= 15 is 0 Å². The number of hydrogen-bond acceptors (Lipinski definition) is 4. The zero-order valence-electron chi connectivity index (χ0n) is 13.4. The molecule has 1 aliphatic heterocycles. The third-order valence-corrected chi connectivity index (χ3v) is 5.86. The molecule has 1 saturated heterocycles. The maximum absolute atomic E-state index is 12.6. The number of nitrogens with zero attached hydrogens (tertiary/aromatic N) is 1. The highest BCUT2D eigenvalue weighted by Gasteiger charge is 2.39. The van der Waals surface area contributed by atoms with Crippen LogP contribution in [0.1, 0.15) is 49.4 Å². The average Bonchev–Trinajstić information content (AvgIpc) is 3.27. The number of carboxylic acid groups (broad SMARTS) is 1. The number of aliphatic carboxylic acids is 1. The Morgan fingerprint density at radius 2 is 2.12 bits per heavy atom. The van der Waals surface area contributed by atoms with Gasteiger partial charge in [-0.2, -0.15) is 0 Å². The van der Waals surface area contributed by atoms with Gasteiger partial charge >= 0.3 is 5.97 Å². The van der Waals surface area contributed by atoms with Crippen molar-refractivity contribution >= 4 is 29.1 Å². The largest absolute Gasteiger partial charge is 0.481 e. The number of carboxylic acids is 1. The minimum absolute atomic E-state index is 0.0490. The lowest BCUT2D eigenvalue weighted by Gasteiger charge is -2.24. The van der Waals surface area contributed by atoms with E-state index in [0.29, 0.717) is 6.54 Å². The average molecular weight is 350 g/mol. The highest BCUT2D eigenvalue weighted by atomic mass is 32.1.